The highest BCUT2D eigenvalue weighted by atomic mass is 35.5. The zero-order valence-electron chi connectivity index (χ0n) is 8.56. The molecule has 1 heterocycles. The lowest BCUT2D eigenvalue weighted by Crippen LogP contribution is -2.43. The predicted octanol–water partition coefficient (Wildman–Crippen LogP) is 1.93. The molecule has 15 heavy (non-hydrogen) atoms. The van der Waals surface area contributed by atoms with E-state index in [1.54, 1.807) is 0 Å². The third-order valence-electron chi connectivity index (χ3n) is 2.96. The van der Waals surface area contributed by atoms with Crippen LogP contribution < -0.4 is 4.90 Å². The van der Waals surface area contributed by atoms with Gasteiger partial charge in [0, 0.05) is 7.05 Å². The molecule has 0 spiro atoms. The van der Waals surface area contributed by atoms with Crippen LogP contribution in [0, 0.1) is 0 Å². The standard InChI is InChI=1S/C9H14ClN3OS/c1-13(9-8(10)11-15-12-9)6-4-2-3-5-7(6)14/h6-7,14H,2-5H2,1H3. The fourth-order valence-electron chi connectivity index (χ4n) is 2.08. The number of hydrogen-bond donors (Lipinski definition) is 1. The first kappa shape index (κ1) is 11.1. The molecule has 1 aliphatic carbocycles. The van der Waals surface area contributed by atoms with Crippen molar-refractivity contribution < 1.29 is 5.11 Å². The van der Waals surface area contributed by atoms with E-state index in [1.807, 2.05) is 11.9 Å². The summed E-state index contributed by atoms with van der Waals surface area (Å²) in [5, 5.41) is 10.3. The van der Waals surface area contributed by atoms with Crippen LogP contribution in [-0.2, 0) is 0 Å². The SMILES string of the molecule is CN(c1nsnc1Cl)C1CCCCC1O. The van der Waals surface area contributed by atoms with Crippen LogP contribution in [0.3, 0.4) is 0 Å². The maximum absolute atomic E-state index is 9.90. The van der Waals surface area contributed by atoms with E-state index in [0.29, 0.717) is 11.0 Å². The molecule has 2 rings (SSSR count). The number of aliphatic hydroxyl groups excluding tert-OH is 1. The zero-order chi connectivity index (χ0) is 10.8. The van der Waals surface area contributed by atoms with E-state index in [1.165, 1.54) is 0 Å². The second kappa shape index (κ2) is 4.63. The normalized spacial score (nSPS) is 26.6. The minimum atomic E-state index is -0.276. The Morgan fingerprint density at radius 2 is 2.13 bits per heavy atom. The van der Waals surface area contributed by atoms with Gasteiger partial charge in [-0.05, 0) is 12.8 Å². The third-order valence-corrected chi connectivity index (χ3v) is 3.83. The van der Waals surface area contributed by atoms with Crippen molar-refractivity contribution in [1.82, 2.24) is 8.75 Å². The molecular weight excluding hydrogens is 234 g/mol. The minimum absolute atomic E-state index is 0.125. The van der Waals surface area contributed by atoms with E-state index in [9.17, 15) is 5.11 Å². The number of hydrogen-bond acceptors (Lipinski definition) is 5. The number of nitrogens with zero attached hydrogens (tertiary/aromatic N) is 3. The van der Waals surface area contributed by atoms with Crippen molar-refractivity contribution in [3.05, 3.63) is 5.15 Å². The second-order valence-corrected chi connectivity index (χ2v) is 4.80. The molecule has 2 atom stereocenters. The number of aromatic nitrogens is 2. The summed E-state index contributed by atoms with van der Waals surface area (Å²) in [5.41, 5.74) is 0. The number of anilines is 1. The lowest BCUT2D eigenvalue weighted by molar-refractivity contribution is 0.106. The molecule has 84 valence electrons. The van der Waals surface area contributed by atoms with Gasteiger partial charge in [0.15, 0.2) is 11.0 Å². The molecule has 0 aliphatic heterocycles. The third kappa shape index (κ3) is 2.24. The highest BCUT2D eigenvalue weighted by molar-refractivity contribution is 6.99. The van der Waals surface area contributed by atoms with Gasteiger partial charge in [-0.15, -0.1) is 0 Å². The predicted molar refractivity (Wildman–Crippen MR) is 61.6 cm³/mol. The van der Waals surface area contributed by atoms with Gasteiger partial charge >= 0.3 is 0 Å². The first-order chi connectivity index (χ1) is 7.20. The van der Waals surface area contributed by atoms with Gasteiger partial charge in [-0.3, -0.25) is 0 Å². The summed E-state index contributed by atoms with van der Waals surface area (Å²) in [6, 6.07) is 0.125. The number of likely N-dealkylation sites (N-methyl/N-ethyl adjacent to an activating group) is 1. The summed E-state index contributed by atoms with van der Waals surface area (Å²) < 4.78 is 8.07. The summed E-state index contributed by atoms with van der Waals surface area (Å²) >= 11 is 7.02. The first-order valence-electron chi connectivity index (χ1n) is 5.09. The van der Waals surface area contributed by atoms with E-state index in [2.05, 4.69) is 8.75 Å². The first-order valence-corrected chi connectivity index (χ1v) is 6.20. The Hall–Kier alpha value is -0.390. The molecule has 6 heteroatoms. The summed E-state index contributed by atoms with van der Waals surface area (Å²) in [4.78, 5) is 1.95. The summed E-state index contributed by atoms with van der Waals surface area (Å²) in [7, 11) is 1.92. The van der Waals surface area contributed by atoms with Crippen molar-refractivity contribution in [1.29, 1.82) is 0 Å². The van der Waals surface area contributed by atoms with E-state index in [4.69, 9.17) is 11.6 Å². The Morgan fingerprint density at radius 1 is 1.40 bits per heavy atom. The molecule has 0 radical (unpaired) electrons. The molecular formula is C9H14ClN3OS. The molecule has 1 N–H and O–H groups in total. The van der Waals surface area contributed by atoms with Crippen LogP contribution in [-0.4, -0.2) is 33.0 Å². The van der Waals surface area contributed by atoms with Gasteiger partial charge in [0.1, 0.15) is 0 Å². The Kier molecular flexibility index (Phi) is 3.43. The van der Waals surface area contributed by atoms with Crippen molar-refractivity contribution in [3.8, 4) is 0 Å². The van der Waals surface area contributed by atoms with E-state index < -0.39 is 0 Å². The summed E-state index contributed by atoms with van der Waals surface area (Å²) in [6.07, 6.45) is 3.84. The number of aliphatic hydroxyl groups is 1. The van der Waals surface area contributed by atoms with Crippen molar-refractivity contribution >= 4 is 29.1 Å². The lowest BCUT2D eigenvalue weighted by Gasteiger charge is -2.35. The molecule has 1 aliphatic rings. The fraction of sp³-hybridized carbons (Fsp3) is 0.778. The van der Waals surface area contributed by atoms with E-state index >= 15 is 0 Å². The Balaban J connectivity index is 2.13. The molecule has 0 saturated heterocycles. The largest absolute Gasteiger partial charge is 0.391 e. The number of halogens is 1. The van der Waals surface area contributed by atoms with Gasteiger partial charge < -0.3 is 10.0 Å². The van der Waals surface area contributed by atoms with Crippen molar-refractivity contribution in [3.63, 3.8) is 0 Å². The fourth-order valence-corrected chi connectivity index (χ4v) is 2.89. The Labute approximate surface area is 98.2 Å². The van der Waals surface area contributed by atoms with Gasteiger partial charge in [-0.1, -0.05) is 24.4 Å². The van der Waals surface area contributed by atoms with Gasteiger partial charge in [0.05, 0.1) is 23.9 Å². The summed E-state index contributed by atoms with van der Waals surface area (Å²) in [6.45, 7) is 0. The number of rotatable bonds is 2. The monoisotopic (exact) mass is 247 g/mol. The average Bonchev–Trinajstić information content (AvgIpc) is 2.64. The molecule has 1 fully saturated rings. The second-order valence-electron chi connectivity index (χ2n) is 3.91. The van der Waals surface area contributed by atoms with Crippen molar-refractivity contribution in [2.75, 3.05) is 11.9 Å². The molecule has 0 bridgehead atoms. The van der Waals surface area contributed by atoms with Crippen LogP contribution in [0.25, 0.3) is 0 Å². The maximum Gasteiger partial charge on any atom is 0.187 e. The lowest BCUT2D eigenvalue weighted by atomic mass is 9.92. The highest BCUT2D eigenvalue weighted by Crippen LogP contribution is 2.29. The van der Waals surface area contributed by atoms with Crippen LogP contribution in [0.5, 0.6) is 0 Å². The zero-order valence-corrected chi connectivity index (χ0v) is 10.1. The smallest absolute Gasteiger partial charge is 0.187 e. The van der Waals surface area contributed by atoms with Crippen LogP contribution in [0.4, 0.5) is 5.82 Å². The van der Waals surface area contributed by atoms with E-state index in [-0.39, 0.29) is 12.1 Å². The molecule has 0 amide bonds. The molecule has 4 nitrogen and oxygen atoms in total. The topological polar surface area (TPSA) is 49.2 Å². The maximum atomic E-state index is 9.90. The molecule has 1 aromatic heterocycles. The van der Waals surface area contributed by atoms with E-state index in [0.717, 1.165) is 37.4 Å². The molecule has 0 aromatic carbocycles. The van der Waals surface area contributed by atoms with Gasteiger partial charge in [0.2, 0.25) is 0 Å². The molecule has 1 saturated carbocycles. The van der Waals surface area contributed by atoms with Crippen LogP contribution >= 0.6 is 23.3 Å². The quantitative estimate of drug-likeness (QED) is 0.868. The van der Waals surface area contributed by atoms with Crippen molar-refractivity contribution in [2.45, 2.75) is 37.8 Å². The van der Waals surface area contributed by atoms with Crippen LogP contribution in [0.2, 0.25) is 5.15 Å². The van der Waals surface area contributed by atoms with Gasteiger partial charge in [-0.2, -0.15) is 8.75 Å². The van der Waals surface area contributed by atoms with Gasteiger partial charge in [0.25, 0.3) is 0 Å². The minimum Gasteiger partial charge on any atom is -0.391 e. The average molecular weight is 248 g/mol. The Morgan fingerprint density at radius 3 is 2.73 bits per heavy atom. The highest BCUT2D eigenvalue weighted by Gasteiger charge is 2.28. The summed E-state index contributed by atoms with van der Waals surface area (Å²) in [5.74, 6) is 0.688. The van der Waals surface area contributed by atoms with Crippen molar-refractivity contribution in [2.24, 2.45) is 0 Å². The van der Waals surface area contributed by atoms with Crippen LogP contribution in [0.1, 0.15) is 25.7 Å². The molecule has 2 unspecified atom stereocenters. The van der Waals surface area contributed by atoms with Crippen LogP contribution in [0.15, 0.2) is 0 Å². The molecule has 1 aromatic rings. The Bertz CT molecular complexity index is 333. The van der Waals surface area contributed by atoms with Gasteiger partial charge in [-0.25, -0.2) is 0 Å².